The molecule has 90 valence electrons. The van der Waals surface area contributed by atoms with Crippen molar-refractivity contribution in [3.63, 3.8) is 0 Å². The monoisotopic (exact) mass is 220 g/mol. The molecule has 1 nitrogen and oxygen atoms in total. The predicted molar refractivity (Wildman–Crippen MR) is 69.3 cm³/mol. The highest BCUT2D eigenvalue weighted by Crippen LogP contribution is 2.43. The molecule has 0 aromatic carbocycles. The van der Waals surface area contributed by atoms with E-state index < -0.39 is 0 Å². The second kappa shape index (κ2) is 5.47. The Balaban J connectivity index is 2.69. The first kappa shape index (κ1) is 13.2. The van der Waals surface area contributed by atoms with Gasteiger partial charge in [0.05, 0.1) is 0 Å². The molecule has 1 heteroatoms. The molecule has 1 rings (SSSR count). The summed E-state index contributed by atoms with van der Waals surface area (Å²) in [6.45, 7) is 10.7. The van der Waals surface area contributed by atoms with E-state index in [1.807, 2.05) is 6.92 Å². The van der Waals surface area contributed by atoms with Gasteiger partial charge >= 0.3 is 0 Å². The molecule has 0 radical (unpaired) electrons. The minimum absolute atomic E-state index is 0.247. The number of hydrogen-bond donors (Lipinski definition) is 0. The quantitative estimate of drug-likeness (QED) is 0.510. The molecule has 1 unspecified atom stereocenters. The van der Waals surface area contributed by atoms with Gasteiger partial charge in [-0.1, -0.05) is 39.0 Å². The van der Waals surface area contributed by atoms with Gasteiger partial charge in [0, 0.05) is 12.3 Å². The zero-order valence-electron chi connectivity index (χ0n) is 10.9. The Morgan fingerprint density at radius 3 is 2.81 bits per heavy atom. The van der Waals surface area contributed by atoms with Crippen molar-refractivity contribution in [2.75, 3.05) is 0 Å². The van der Waals surface area contributed by atoms with Crippen molar-refractivity contribution < 1.29 is 4.79 Å². The fourth-order valence-corrected chi connectivity index (χ4v) is 2.56. The van der Waals surface area contributed by atoms with Gasteiger partial charge in [-0.05, 0) is 37.2 Å². The molecule has 0 aromatic heterocycles. The first-order valence-corrected chi connectivity index (χ1v) is 6.36. The molecule has 0 N–H and O–H groups in total. The lowest BCUT2D eigenvalue weighted by Gasteiger charge is -2.38. The Morgan fingerprint density at radius 1 is 1.56 bits per heavy atom. The fourth-order valence-electron chi connectivity index (χ4n) is 2.56. The normalized spacial score (nSPS) is 24.9. The summed E-state index contributed by atoms with van der Waals surface area (Å²) in [5, 5.41) is 0. The number of hydrogen-bond acceptors (Lipinski definition) is 1. The number of ketones is 1. The zero-order valence-corrected chi connectivity index (χ0v) is 10.9. The van der Waals surface area contributed by atoms with Crippen LogP contribution in [0.4, 0.5) is 0 Å². The SMILES string of the molecule is C=C1CCCC(C)(C)C1/C=C/C(=O)CCC. The third kappa shape index (κ3) is 3.33. The van der Waals surface area contributed by atoms with Gasteiger partial charge in [0.15, 0.2) is 5.78 Å². The molecule has 0 bridgehead atoms. The fraction of sp³-hybridized carbons (Fsp3) is 0.667. The second-order valence-electron chi connectivity index (χ2n) is 5.55. The highest BCUT2D eigenvalue weighted by atomic mass is 16.1. The number of carbonyl (C=O) groups excluding carboxylic acids is 1. The van der Waals surface area contributed by atoms with Gasteiger partial charge in [0.2, 0.25) is 0 Å². The van der Waals surface area contributed by atoms with Crippen LogP contribution in [0.1, 0.15) is 52.9 Å². The number of allylic oxidation sites excluding steroid dienone is 3. The Bertz CT molecular complexity index is 297. The lowest BCUT2D eigenvalue weighted by molar-refractivity contribution is -0.114. The summed E-state index contributed by atoms with van der Waals surface area (Å²) in [6.07, 6.45) is 9.02. The van der Waals surface area contributed by atoms with Gasteiger partial charge in [-0.15, -0.1) is 0 Å². The molecule has 1 aliphatic carbocycles. The van der Waals surface area contributed by atoms with Crippen molar-refractivity contribution in [2.45, 2.75) is 52.9 Å². The topological polar surface area (TPSA) is 17.1 Å². The van der Waals surface area contributed by atoms with E-state index in [0.717, 1.165) is 12.8 Å². The zero-order chi connectivity index (χ0) is 12.2. The van der Waals surface area contributed by atoms with E-state index in [-0.39, 0.29) is 11.2 Å². The summed E-state index contributed by atoms with van der Waals surface area (Å²) < 4.78 is 0. The molecule has 1 atom stereocenters. The largest absolute Gasteiger partial charge is 0.295 e. The van der Waals surface area contributed by atoms with Crippen molar-refractivity contribution in [3.8, 4) is 0 Å². The summed E-state index contributed by atoms with van der Waals surface area (Å²) in [4.78, 5) is 11.5. The van der Waals surface area contributed by atoms with Crippen LogP contribution in [-0.2, 0) is 4.79 Å². The smallest absolute Gasteiger partial charge is 0.155 e. The third-order valence-corrected chi connectivity index (χ3v) is 3.57. The minimum Gasteiger partial charge on any atom is -0.295 e. The summed E-state index contributed by atoms with van der Waals surface area (Å²) in [5.74, 6) is 0.624. The molecule has 1 aliphatic rings. The standard InChI is InChI=1S/C15H24O/c1-5-7-13(16)9-10-14-12(2)8-6-11-15(14,3)4/h9-10,14H,2,5-8,11H2,1,3-4H3/b10-9+. The number of carbonyl (C=O) groups is 1. The van der Waals surface area contributed by atoms with Crippen molar-refractivity contribution >= 4 is 5.78 Å². The maximum absolute atomic E-state index is 11.5. The minimum atomic E-state index is 0.247. The lowest BCUT2D eigenvalue weighted by Crippen LogP contribution is -2.28. The summed E-state index contributed by atoms with van der Waals surface area (Å²) >= 11 is 0. The van der Waals surface area contributed by atoms with E-state index in [4.69, 9.17) is 0 Å². The maximum Gasteiger partial charge on any atom is 0.155 e. The van der Waals surface area contributed by atoms with E-state index in [0.29, 0.717) is 12.3 Å². The molecule has 0 heterocycles. The van der Waals surface area contributed by atoms with Crippen LogP contribution in [-0.4, -0.2) is 5.78 Å². The van der Waals surface area contributed by atoms with Crippen molar-refractivity contribution in [1.82, 2.24) is 0 Å². The average Bonchev–Trinajstić information content (AvgIpc) is 2.16. The molecule has 0 aliphatic heterocycles. The van der Waals surface area contributed by atoms with Crippen LogP contribution in [0.3, 0.4) is 0 Å². The van der Waals surface area contributed by atoms with Crippen LogP contribution >= 0.6 is 0 Å². The average molecular weight is 220 g/mol. The van der Waals surface area contributed by atoms with Gasteiger partial charge in [0.25, 0.3) is 0 Å². The van der Waals surface area contributed by atoms with Crippen LogP contribution in [0.15, 0.2) is 24.3 Å². The van der Waals surface area contributed by atoms with Gasteiger partial charge in [0.1, 0.15) is 0 Å². The maximum atomic E-state index is 11.5. The van der Waals surface area contributed by atoms with Gasteiger partial charge in [-0.2, -0.15) is 0 Å². The van der Waals surface area contributed by atoms with Crippen LogP contribution < -0.4 is 0 Å². The molecular weight excluding hydrogens is 196 g/mol. The van der Waals surface area contributed by atoms with Crippen molar-refractivity contribution in [1.29, 1.82) is 0 Å². The summed E-state index contributed by atoms with van der Waals surface area (Å²) in [5.41, 5.74) is 1.55. The van der Waals surface area contributed by atoms with E-state index >= 15 is 0 Å². The molecular formula is C15H24O. The third-order valence-electron chi connectivity index (χ3n) is 3.57. The van der Waals surface area contributed by atoms with Gasteiger partial charge < -0.3 is 0 Å². The molecule has 0 spiro atoms. The highest BCUT2D eigenvalue weighted by Gasteiger charge is 2.32. The second-order valence-corrected chi connectivity index (χ2v) is 5.55. The summed E-state index contributed by atoms with van der Waals surface area (Å²) in [6, 6.07) is 0. The van der Waals surface area contributed by atoms with E-state index in [2.05, 4.69) is 26.5 Å². The Morgan fingerprint density at radius 2 is 2.25 bits per heavy atom. The summed E-state index contributed by atoms with van der Waals surface area (Å²) in [7, 11) is 0. The van der Waals surface area contributed by atoms with E-state index in [1.54, 1.807) is 6.08 Å². The van der Waals surface area contributed by atoms with E-state index in [1.165, 1.54) is 18.4 Å². The molecule has 0 aromatic rings. The van der Waals surface area contributed by atoms with Crippen LogP contribution in [0.2, 0.25) is 0 Å². The van der Waals surface area contributed by atoms with E-state index in [9.17, 15) is 4.79 Å². The Kier molecular flexibility index (Phi) is 4.52. The van der Waals surface area contributed by atoms with Gasteiger partial charge in [-0.3, -0.25) is 4.79 Å². The van der Waals surface area contributed by atoms with Crippen LogP contribution in [0, 0.1) is 11.3 Å². The first-order chi connectivity index (χ1) is 7.47. The molecule has 0 amide bonds. The Hall–Kier alpha value is -0.850. The molecule has 0 saturated heterocycles. The first-order valence-electron chi connectivity index (χ1n) is 6.36. The Labute approximate surface area is 99.6 Å². The predicted octanol–water partition coefficient (Wildman–Crippen LogP) is 4.29. The molecule has 16 heavy (non-hydrogen) atoms. The number of rotatable bonds is 4. The highest BCUT2D eigenvalue weighted by molar-refractivity contribution is 5.89. The van der Waals surface area contributed by atoms with Gasteiger partial charge in [-0.25, -0.2) is 0 Å². The van der Waals surface area contributed by atoms with Crippen LogP contribution in [0.5, 0.6) is 0 Å². The lowest BCUT2D eigenvalue weighted by atomic mass is 9.66. The molecule has 1 saturated carbocycles. The van der Waals surface area contributed by atoms with Crippen LogP contribution in [0.25, 0.3) is 0 Å². The van der Waals surface area contributed by atoms with Crippen molar-refractivity contribution in [2.24, 2.45) is 11.3 Å². The molecule has 1 fully saturated rings. The van der Waals surface area contributed by atoms with Crippen molar-refractivity contribution in [3.05, 3.63) is 24.3 Å².